The van der Waals surface area contributed by atoms with Crippen LogP contribution in [-0.4, -0.2) is 102 Å². The second-order valence-electron chi connectivity index (χ2n) is 13.3. The molecule has 53 heavy (non-hydrogen) atoms. The van der Waals surface area contributed by atoms with Crippen molar-refractivity contribution >= 4 is 72.9 Å². The molecule has 0 spiro atoms. The largest absolute Gasteiger partial charge is 0.478 e. The molecule has 0 bridgehead atoms. The SMILES string of the molecule is Nc1c(Br)cc(C[C@H](NC(=O)N2CCC(N3CCc4ccccc4NC3=O)CC2)C(=O)N2CCN(c3ccc(C(=O)O)cc3C(F)(F)F)CC2)cc1Br. The maximum Gasteiger partial charge on any atom is 0.418 e. The predicted octanol–water partition coefficient (Wildman–Crippen LogP) is 6.03. The molecule has 2 fully saturated rings. The molecule has 3 aromatic rings. The Hall–Kier alpha value is -4.51. The van der Waals surface area contributed by atoms with Crippen LogP contribution in [0.5, 0.6) is 0 Å². The number of carbonyl (C=O) groups excluding carboxylic acids is 3. The topological polar surface area (TPSA) is 152 Å². The van der Waals surface area contributed by atoms with E-state index in [2.05, 4.69) is 42.5 Å². The number of carboxylic acids is 1. The molecule has 1 atom stereocenters. The van der Waals surface area contributed by atoms with Crippen molar-refractivity contribution in [3.05, 3.63) is 85.8 Å². The predicted molar refractivity (Wildman–Crippen MR) is 200 cm³/mol. The molecule has 3 heterocycles. The molecule has 3 aromatic carbocycles. The molecule has 0 aromatic heterocycles. The number of alkyl halides is 3. The quantitative estimate of drug-likeness (QED) is 0.212. The van der Waals surface area contributed by atoms with Crippen LogP contribution < -0.4 is 21.3 Å². The number of rotatable bonds is 7. The van der Waals surface area contributed by atoms with E-state index in [1.807, 2.05) is 29.2 Å². The van der Waals surface area contributed by atoms with Gasteiger partial charge in [-0.3, -0.25) is 4.79 Å². The van der Waals surface area contributed by atoms with Crippen LogP contribution in [0.3, 0.4) is 0 Å². The first-order chi connectivity index (χ1) is 25.2. The minimum absolute atomic E-state index is 0.0591. The van der Waals surface area contributed by atoms with E-state index in [9.17, 15) is 37.5 Å². The molecule has 0 saturated carbocycles. The van der Waals surface area contributed by atoms with Crippen LogP contribution in [0.15, 0.2) is 63.5 Å². The summed E-state index contributed by atoms with van der Waals surface area (Å²) in [7, 11) is 0. The van der Waals surface area contributed by atoms with Crippen molar-refractivity contribution in [3.8, 4) is 0 Å². The Bertz CT molecular complexity index is 1880. The molecule has 3 aliphatic rings. The molecular weight excluding hydrogens is 827 g/mol. The van der Waals surface area contributed by atoms with Crippen molar-refractivity contribution in [1.29, 1.82) is 0 Å². The number of hydrogen-bond acceptors (Lipinski definition) is 6. The van der Waals surface area contributed by atoms with E-state index < -0.39 is 41.3 Å². The third-order valence-electron chi connectivity index (χ3n) is 9.99. The Balaban J connectivity index is 1.13. The number of nitrogens with zero attached hydrogens (tertiary/aromatic N) is 4. The second-order valence-corrected chi connectivity index (χ2v) is 15.0. The first-order valence-electron chi connectivity index (χ1n) is 17.1. The average Bonchev–Trinajstić information content (AvgIpc) is 3.30. The highest BCUT2D eigenvalue weighted by atomic mass is 79.9. The number of nitrogen functional groups attached to an aromatic ring is 1. The van der Waals surface area contributed by atoms with E-state index in [1.165, 1.54) is 9.80 Å². The standard InChI is InChI=1S/C36H38Br2F3N7O5/c37-26-17-21(18-27(38)31(26)42)19-29(32(49)46-15-13-45(14-16-46)30-6-5-23(33(50)51)20-25(30)36(39,40)41)44-34(52)47-10-8-24(9-11-47)48-12-7-22-3-1-2-4-28(22)43-35(48)53/h1-6,17-18,20,24,29H,7-16,19,42H2,(H,43,53)(H,44,52)(H,50,51)/t29-/m0/s1. The van der Waals surface area contributed by atoms with Crippen LogP contribution in [0.25, 0.3) is 0 Å². The molecule has 0 aliphatic carbocycles. The number of urea groups is 2. The third kappa shape index (κ3) is 8.67. The second kappa shape index (κ2) is 15.8. The Labute approximate surface area is 320 Å². The fourth-order valence-electron chi connectivity index (χ4n) is 7.11. The molecule has 0 radical (unpaired) electrons. The fraction of sp³-hybridized carbons (Fsp3) is 0.389. The summed E-state index contributed by atoms with van der Waals surface area (Å²) >= 11 is 6.87. The number of carbonyl (C=O) groups is 4. The summed E-state index contributed by atoms with van der Waals surface area (Å²) in [5.74, 6) is -1.86. The number of anilines is 3. The maximum absolute atomic E-state index is 14.1. The van der Waals surface area contributed by atoms with Crippen LogP contribution >= 0.6 is 31.9 Å². The van der Waals surface area contributed by atoms with Gasteiger partial charge in [0.05, 0.1) is 16.8 Å². The van der Waals surface area contributed by atoms with Gasteiger partial charge in [0.2, 0.25) is 5.91 Å². The van der Waals surface area contributed by atoms with E-state index in [4.69, 9.17) is 5.73 Å². The zero-order valence-corrected chi connectivity index (χ0v) is 31.6. The lowest BCUT2D eigenvalue weighted by molar-refractivity contribution is -0.137. The van der Waals surface area contributed by atoms with Gasteiger partial charge in [0.25, 0.3) is 0 Å². The van der Waals surface area contributed by atoms with Crippen molar-refractivity contribution in [3.63, 3.8) is 0 Å². The lowest BCUT2D eigenvalue weighted by atomic mass is 10.0. The van der Waals surface area contributed by atoms with Crippen LogP contribution in [0, 0.1) is 0 Å². The molecule has 12 nitrogen and oxygen atoms in total. The highest BCUT2D eigenvalue weighted by molar-refractivity contribution is 9.11. The van der Waals surface area contributed by atoms with E-state index in [-0.39, 0.29) is 50.4 Å². The van der Waals surface area contributed by atoms with Gasteiger partial charge < -0.3 is 41.1 Å². The number of benzene rings is 3. The number of nitrogens with one attached hydrogen (secondary N) is 2. The van der Waals surface area contributed by atoms with E-state index in [0.29, 0.717) is 65.2 Å². The van der Waals surface area contributed by atoms with Crippen LogP contribution in [0.4, 0.5) is 39.8 Å². The Kier molecular flexibility index (Phi) is 11.4. The number of para-hydroxylation sites is 1. The zero-order chi connectivity index (χ0) is 38.0. The number of carboxylic acid groups (broad SMARTS) is 1. The number of piperazine rings is 1. The Morgan fingerprint density at radius 3 is 2.23 bits per heavy atom. The monoisotopic (exact) mass is 863 g/mol. The normalized spacial score (nSPS) is 17.5. The van der Waals surface area contributed by atoms with Gasteiger partial charge >= 0.3 is 24.2 Å². The van der Waals surface area contributed by atoms with Crippen LogP contribution in [0.1, 0.15) is 39.9 Å². The maximum atomic E-state index is 14.1. The van der Waals surface area contributed by atoms with E-state index in [0.717, 1.165) is 23.4 Å². The minimum Gasteiger partial charge on any atom is -0.478 e. The summed E-state index contributed by atoms with van der Waals surface area (Å²) in [5.41, 5.74) is 7.42. The summed E-state index contributed by atoms with van der Waals surface area (Å²) in [4.78, 5) is 58.7. The molecule has 0 unspecified atom stereocenters. The lowest BCUT2D eigenvalue weighted by Crippen LogP contribution is -2.58. The van der Waals surface area contributed by atoms with Crippen LogP contribution in [-0.2, 0) is 23.8 Å². The molecule has 3 aliphatic heterocycles. The lowest BCUT2D eigenvalue weighted by Gasteiger charge is -2.40. The molecule has 6 rings (SSSR count). The molecule has 5 amide bonds. The number of piperidine rings is 1. The van der Waals surface area contributed by atoms with Crippen molar-refractivity contribution in [1.82, 2.24) is 20.0 Å². The highest BCUT2D eigenvalue weighted by Crippen LogP contribution is 2.38. The number of aromatic carboxylic acids is 1. The number of fused-ring (bicyclic) bond motifs is 1. The van der Waals surface area contributed by atoms with Crippen molar-refractivity contribution in [2.75, 3.05) is 61.8 Å². The van der Waals surface area contributed by atoms with Gasteiger partial charge in [-0.25, -0.2) is 14.4 Å². The zero-order valence-electron chi connectivity index (χ0n) is 28.5. The molecule has 2 saturated heterocycles. The van der Waals surface area contributed by atoms with Gasteiger partial charge in [-0.05, 0) is 98.6 Å². The smallest absolute Gasteiger partial charge is 0.418 e. The first-order valence-corrected chi connectivity index (χ1v) is 18.7. The van der Waals surface area contributed by atoms with Gasteiger partial charge in [0.1, 0.15) is 6.04 Å². The number of hydrogen-bond donors (Lipinski definition) is 4. The molecule has 17 heteroatoms. The van der Waals surface area contributed by atoms with Gasteiger partial charge in [-0.2, -0.15) is 13.2 Å². The summed E-state index contributed by atoms with van der Waals surface area (Å²) < 4.78 is 43.1. The molecular formula is C36H38Br2F3N7O5. The fourth-order valence-corrected chi connectivity index (χ4v) is 8.39. The van der Waals surface area contributed by atoms with Gasteiger partial charge in [0.15, 0.2) is 0 Å². The van der Waals surface area contributed by atoms with E-state index >= 15 is 0 Å². The number of nitrogens with two attached hydrogens (primary N) is 1. The van der Waals surface area contributed by atoms with Crippen molar-refractivity contribution in [2.45, 2.75) is 43.9 Å². The summed E-state index contributed by atoms with van der Waals surface area (Å²) in [6.07, 6.45) is -2.84. The van der Waals surface area contributed by atoms with Crippen molar-refractivity contribution < 1.29 is 37.5 Å². The highest BCUT2D eigenvalue weighted by Gasteiger charge is 2.38. The van der Waals surface area contributed by atoms with Crippen LogP contribution in [0.2, 0.25) is 0 Å². The first kappa shape index (κ1) is 38.2. The molecule has 282 valence electrons. The molecule has 5 N–H and O–H groups in total. The van der Waals surface area contributed by atoms with Gasteiger partial charge in [0, 0.05) is 78.6 Å². The van der Waals surface area contributed by atoms with Gasteiger partial charge in [-0.15, -0.1) is 0 Å². The van der Waals surface area contributed by atoms with Gasteiger partial charge in [-0.1, -0.05) is 18.2 Å². The summed E-state index contributed by atoms with van der Waals surface area (Å²) in [6, 6.07) is 12.4. The number of halogens is 5. The number of likely N-dealkylation sites (tertiary alicyclic amines) is 1. The Morgan fingerprint density at radius 2 is 1.58 bits per heavy atom. The summed E-state index contributed by atoms with van der Waals surface area (Å²) in [6.45, 7) is 1.56. The number of amides is 5. The Morgan fingerprint density at radius 1 is 0.925 bits per heavy atom. The van der Waals surface area contributed by atoms with E-state index in [1.54, 1.807) is 17.0 Å². The van der Waals surface area contributed by atoms with Crippen molar-refractivity contribution in [2.24, 2.45) is 0 Å². The third-order valence-corrected chi connectivity index (χ3v) is 11.3. The summed E-state index contributed by atoms with van der Waals surface area (Å²) in [5, 5.41) is 15.2. The minimum atomic E-state index is -4.79. The average molecular weight is 866 g/mol.